The SMILES string of the molecule is CN1C(=O)OC(N2CCN(CCC(=O)O)CC2)C1CCCCC1CCN(C(=N)NC(=O)OC(C)(C)C)CC1. The average Bonchev–Trinajstić information content (AvgIpc) is 3.13. The first kappa shape index (κ1) is 29.9. The molecule has 0 radical (unpaired) electrons. The molecule has 0 bridgehead atoms. The Hall–Kier alpha value is -2.60. The van der Waals surface area contributed by atoms with E-state index in [1.165, 1.54) is 0 Å². The number of aliphatic carboxylic acids is 1. The van der Waals surface area contributed by atoms with Crippen LogP contribution in [0.1, 0.15) is 65.7 Å². The van der Waals surface area contributed by atoms with Crippen LogP contribution in [0.25, 0.3) is 0 Å². The Morgan fingerprint density at radius 1 is 1.08 bits per heavy atom. The van der Waals surface area contributed by atoms with Crippen LogP contribution in [0.2, 0.25) is 0 Å². The Kier molecular flexibility index (Phi) is 10.6. The molecule has 38 heavy (non-hydrogen) atoms. The molecule has 3 N–H and O–H groups in total. The number of rotatable bonds is 9. The number of carboxylic acids is 1. The molecule has 3 rings (SSSR count). The molecule has 0 spiro atoms. The number of carbonyl (C=O) groups excluding carboxylic acids is 2. The van der Waals surface area contributed by atoms with Gasteiger partial charge in [0, 0.05) is 52.9 Å². The van der Waals surface area contributed by atoms with Crippen molar-refractivity contribution in [3.05, 3.63) is 0 Å². The van der Waals surface area contributed by atoms with E-state index in [0.29, 0.717) is 12.5 Å². The number of likely N-dealkylation sites (tertiary alicyclic amines) is 1. The molecule has 2 atom stereocenters. The first-order chi connectivity index (χ1) is 17.9. The Labute approximate surface area is 226 Å². The molecule has 3 heterocycles. The second kappa shape index (κ2) is 13.5. The van der Waals surface area contributed by atoms with Gasteiger partial charge in [-0.25, -0.2) is 9.59 Å². The molecular formula is C26H46N6O6. The van der Waals surface area contributed by atoms with Gasteiger partial charge in [0.1, 0.15) is 5.60 Å². The van der Waals surface area contributed by atoms with E-state index in [9.17, 15) is 14.4 Å². The summed E-state index contributed by atoms with van der Waals surface area (Å²) >= 11 is 0. The topological polar surface area (TPSA) is 139 Å². The summed E-state index contributed by atoms with van der Waals surface area (Å²) in [7, 11) is 1.81. The van der Waals surface area contributed by atoms with E-state index in [1.807, 2.05) is 11.9 Å². The van der Waals surface area contributed by atoms with Gasteiger partial charge in [0.25, 0.3) is 0 Å². The normalized spacial score (nSPS) is 23.8. The van der Waals surface area contributed by atoms with Gasteiger partial charge in [-0.3, -0.25) is 20.4 Å². The largest absolute Gasteiger partial charge is 0.481 e. The molecular weight excluding hydrogens is 492 g/mol. The number of hydrogen-bond acceptors (Lipinski definition) is 8. The molecule has 12 nitrogen and oxygen atoms in total. The van der Waals surface area contributed by atoms with Gasteiger partial charge >= 0.3 is 18.2 Å². The van der Waals surface area contributed by atoms with Crippen LogP contribution >= 0.6 is 0 Å². The summed E-state index contributed by atoms with van der Waals surface area (Å²) in [6.07, 6.45) is 5.08. The minimum Gasteiger partial charge on any atom is -0.481 e. The molecule has 2 unspecified atom stereocenters. The third kappa shape index (κ3) is 9.00. The van der Waals surface area contributed by atoms with E-state index in [4.69, 9.17) is 20.0 Å². The van der Waals surface area contributed by atoms with Gasteiger partial charge in [0.15, 0.2) is 6.23 Å². The Bertz CT molecular complexity index is 833. The highest BCUT2D eigenvalue weighted by atomic mass is 16.6. The van der Waals surface area contributed by atoms with E-state index in [1.54, 1.807) is 25.7 Å². The number of nitrogens with zero attached hydrogens (tertiary/aromatic N) is 4. The van der Waals surface area contributed by atoms with Crippen LogP contribution in [0.3, 0.4) is 0 Å². The van der Waals surface area contributed by atoms with Gasteiger partial charge in [-0.05, 0) is 46.0 Å². The number of carboxylic acid groups (broad SMARTS) is 1. The van der Waals surface area contributed by atoms with E-state index in [2.05, 4.69) is 15.1 Å². The van der Waals surface area contributed by atoms with Gasteiger partial charge in [-0.2, -0.15) is 0 Å². The van der Waals surface area contributed by atoms with Crippen molar-refractivity contribution in [2.75, 3.05) is 52.9 Å². The number of likely N-dealkylation sites (N-methyl/N-ethyl adjacent to an activating group) is 1. The molecule has 3 aliphatic rings. The van der Waals surface area contributed by atoms with Crippen molar-refractivity contribution >= 4 is 24.1 Å². The number of carbonyl (C=O) groups is 3. The minimum absolute atomic E-state index is 0.0225. The molecule has 0 saturated carbocycles. The van der Waals surface area contributed by atoms with Crippen molar-refractivity contribution in [2.45, 2.75) is 83.6 Å². The van der Waals surface area contributed by atoms with Gasteiger partial charge in [0.2, 0.25) is 5.96 Å². The Morgan fingerprint density at radius 2 is 1.71 bits per heavy atom. The van der Waals surface area contributed by atoms with Crippen LogP contribution in [0.4, 0.5) is 9.59 Å². The monoisotopic (exact) mass is 538 g/mol. The fourth-order valence-electron chi connectivity index (χ4n) is 5.45. The van der Waals surface area contributed by atoms with Crippen molar-refractivity contribution in [2.24, 2.45) is 5.92 Å². The third-order valence-corrected chi connectivity index (χ3v) is 7.66. The molecule has 0 aliphatic carbocycles. The van der Waals surface area contributed by atoms with Crippen LogP contribution in [0, 0.1) is 11.3 Å². The predicted molar refractivity (Wildman–Crippen MR) is 142 cm³/mol. The number of nitrogens with one attached hydrogen (secondary N) is 2. The minimum atomic E-state index is -0.779. The lowest BCUT2D eigenvalue weighted by Crippen LogP contribution is -2.54. The Morgan fingerprint density at radius 3 is 2.32 bits per heavy atom. The number of piperidine rings is 1. The number of guanidine groups is 1. The van der Waals surface area contributed by atoms with Crippen LogP contribution in [0.15, 0.2) is 0 Å². The summed E-state index contributed by atoms with van der Waals surface area (Å²) in [5.74, 6) is -0.0890. The molecule has 0 aromatic carbocycles. The van der Waals surface area contributed by atoms with Crippen molar-refractivity contribution < 1.29 is 29.0 Å². The fourth-order valence-corrected chi connectivity index (χ4v) is 5.45. The number of amides is 2. The van der Waals surface area contributed by atoms with Gasteiger partial charge in [0.05, 0.1) is 12.5 Å². The van der Waals surface area contributed by atoms with E-state index in [-0.39, 0.29) is 30.7 Å². The van der Waals surface area contributed by atoms with Crippen molar-refractivity contribution in [1.29, 1.82) is 5.41 Å². The lowest BCUT2D eigenvalue weighted by molar-refractivity contribution is -0.137. The fraction of sp³-hybridized carbons (Fsp3) is 0.846. The molecule has 12 heteroatoms. The molecule has 2 amide bonds. The third-order valence-electron chi connectivity index (χ3n) is 7.66. The highest BCUT2D eigenvalue weighted by Crippen LogP contribution is 2.28. The van der Waals surface area contributed by atoms with Gasteiger partial charge in [-0.15, -0.1) is 0 Å². The lowest BCUT2D eigenvalue weighted by Gasteiger charge is -2.38. The Balaban J connectivity index is 1.35. The van der Waals surface area contributed by atoms with E-state index >= 15 is 0 Å². The first-order valence-corrected chi connectivity index (χ1v) is 13.9. The molecule has 3 fully saturated rings. The number of cyclic esters (lactones) is 1. The quantitative estimate of drug-likeness (QED) is 0.230. The zero-order valence-electron chi connectivity index (χ0n) is 23.4. The highest BCUT2D eigenvalue weighted by Gasteiger charge is 2.43. The number of hydrogen-bond donors (Lipinski definition) is 3. The van der Waals surface area contributed by atoms with E-state index < -0.39 is 17.7 Å². The van der Waals surface area contributed by atoms with Crippen molar-refractivity contribution in [3.8, 4) is 0 Å². The van der Waals surface area contributed by atoms with Crippen LogP contribution in [-0.2, 0) is 14.3 Å². The highest BCUT2D eigenvalue weighted by molar-refractivity contribution is 5.92. The maximum Gasteiger partial charge on any atom is 0.414 e. The van der Waals surface area contributed by atoms with Gasteiger partial charge in [-0.1, -0.05) is 19.3 Å². The molecule has 216 valence electrons. The average molecular weight is 539 g/mol. The van der Waals surface area contributed by atoms with E-state index in [0.717, 1.165) is 77.8 Å². The maximum absolute atomic E-state index is 12.3. The van der Waals surface area contributed by atoms with Crippen LogP contribution < -0.4 is 5.32 Å². The maximum atomic E-state index is 12.3. The molecule has 0 aromatic rings. The first-order valence-electron chi connectivity index (χ1n) is 13.9. The smallest absolute Gasteiger partial charge is 0.414 e. The second-order valence-corrected chi connectivity index (χ2v) is 11.7. The predicted octanol–water partition coefficient (Wildman–Crippen LogP) is 2.59. The number of unbranched alkanes of at least 4 members (excludes halogenated alkanes) is 1. The zero-order valence-corrected chi connectivity index (χ0v) is 23.4. The summed E-state index contributed by atoms with van der Waals surface area (Å²) in [5.41, 5.74) is -0.595. The molecule has 0 aromatic heterocycles. The summed E-state index contributed by atoms with van der Waals surface area (Å²) in [6.45, 7) is 10.5. The number of alkyl carbamates (subject to hydrolysis) is 1. The molecule has 3 aliphatic heterocycles. The van der Waals surface area contributed by atoms with Crippen molar-refractivity contribution in [1.82, 2.24) is 24.9 Å². The zero-order chi connectivity index (χ0) is 27.9. The summed E-state index contributed by atoms with van der Waals surface area (Å²) in [4.78, 5) is 43.1. The van der Waals surface area contributed by atoms with Crippen LogP contribution in [-0.4, -0.2) is 120 Å². The summed E-state index contributed by atoms with van der Waals surface area (Å²) in [6, 6.07) is 0.0225. The van der Waals surface area contributed by atoms with Gasteiger partial charge < -0.3 is 29.3 Å². The van der Waals surface area contributed by atoms with Crippen molar-refractivity contribution in [3.63, 3.8) is 0 Å². The number of piperazine rings is 1. The van der Waals surface area contributed by atoms with Crippen LogP contribution in [0.5, 0.6) is 0 Å². The summed E-state index contributed by atoms with van der Waals surface area (Å²) < 4.78 is 11.0. The summed E-state index contributed by atoms with van der Waals surface area (Å²) in [5, 5.41) is 19.6. The lowest BCUT2D eigenvalue weighted by atomic mass is 9.91. The second-order valence-electron chi connectivity index (χ2n) is 11.7. The number of ether oxygens (including phenoxy) is 2. The standard InChI is InChI=1S/C26H46N6O6/c1-26(2,3)38-24(35)28-23(27)32-13-9-19(10-14-32)7-5-6-8-20-22(37-25(36)29(20)4)31-17-15-30(16-18-31)12-11-21(33)34/h19-20,22H,5-18H2,1-4H3,(H,33,34)(H2,27,28,35). The molecule has 3 saturated heterocycles.